The maximum absolute atomic E-state index is 10.5. The van der Waals surface area contributed by atoms with Crippen LogP contribution in [0.25, 0.3) is 0 Å². The molecule has 2 nitrogen and oxygen atoms in total. The predicted molar refractivity (Wildman–Crippen MR) is 77.9 cm³/mol. The topological polar surface area (TPSA) is 37.3 Å². The number of carbonyl (C=O) groups is 1. The minimum atomic E-state index is -0.735. The molecule has 1 unspecified atom stereocenters. The van der Waals surface area contributed by atoms with Gasteiger partial charge in [-0.3, -0.25) is 4.79 Å². The zero-order valence-corrected chi connectivity index (χ0v) is 15.7. The normalized spacial score (nSPS) is 11.9. The van der Waals surface area contributed by atoms with Gasteiger partial charge in [0.05, 0.1) is 0 Å². The standard InChI is InChI=1S/C14H27BrO2.Na.H/c1-2-3-4-5-6-7-8-9-10-11-12-13(15)14(16)17;;/h13H,2-12H2,1H3,(H,16,17);;/q;+1;-1. The van der Waals surface area contributed by atoms with Crippen LogP contribution in [0.2, 0.25) is 0 Å². The molecule has 0 bridgehead atoms. The van der Waals surface area contributed by atoms with E-state index < -0.39 is 5.97 Å². The van der Waals surface area contributed by atoms with Crippen molar-refractivity contribution < 1.29 is 40.9 Å². The minimum absolute atomic E-state index is 0. The number of rotatable bonds is 12. The molecular weight excluding hydrogens is 303 g/mol. The molecule has 0 saturated heterocycles. The van der Waals surface area contributed by atoms with Crippen LogP contribution in [0.15, 0.2) is 0 Å². The number of hydrogen-bond acceptors (Lipinski definition) is 1. The van der Waals surface area contributed by atoms with Crippen molar-refractivity contribution in [1.82, 2.24) is 0 Å². The van der Waals surface area contributed by atoms with E-state index in [2.05, 4.69) is 22.9 Å². The van der Waals surface area contributed by atoms with Crippen LogP contribution in [0.1, 0.15) is 79.0 Å². The van der Waals surface area contributed by atoms with Crippen LogP contribution in [0.4, 0.5) is 0 Å². The summed E-state index contributed by atoms with van der Waals surface area (Å²) in [5.41, 5.74) is 0. The van der Waals surface area contributed by atoms with Crippen LogP contribution < -0.4 is 29.6 Å². The van der Waals surface area contributed by atoms with Gasteiger partial charge >= 0.3 is 35.5 Å². The van der Waals surface area contributed by atoms with Gasteiger partial charge in [-0.15, -0.1) is 0 Å². The summed E-state index contributed by atoms with van der Waals surface area (Å²) in [5, 5.41) is 8.68. The first-order valence-electron chi connectivity index (χ1n) is 7.05. The van der Waals surface area contributed by atoms with Crippen LogP contribution >= 0.6 is 15.9 Å². The van der Waals surface area contributed by atoms with Gasteiger partial charge in [0.25, 0.3) is 0 Å². The number of halogens is 1. The van der Waals surface area contributed by atoms with Crippen LogP contribution in [0.5, 0.6) is 0 Å². The zero-order chi connectivity index (χ0) is 12.9. The molecule has 0 aliphatic rings. The molecule has 0 heterocycles. The smallest absolute Gasteiger partial charge is 1.00 e. The van der Waals surface area contributed by atoms with Crippen molar-refractivity contribution in [3.05, 3.63) is 0 Å². The summed E-state index contributed by atoms with van der Waals surface area (Å²) in [6.45, 7) is 2.24. The second-order valence-corrected chi connectivity index (χ2v) is 5.88. The summed E-state index contributed by atoms with van der Waals surface area (Å²) in [7, 11) is 0. The fourth-order valence-electron chi connectivity index (χ4n) is 1.93. The summed E-state index contributed by atoms with van der Waals surface area (Å²) in [6, 6.07) is 0. The Morgan fingerprint density at radius 3 is 1.78 bits per heavy atom. The first-order valence-corrected chi connectivity index (χ1v) is 7.97. The second kappa shape index (κ2) is 16.0. The quantitative estimate of drug-likeness (QED) is 0.338. The average Bonchev–Trinajstić information content (AvgIpc) is 2.31. The van der Waals surface area contributed by atoms with Gasteiger partial charge in [0.1, 0.15) is 4.83 Å². The third-order valence-corrected chi connectivity index (χ3v) is 3.93. The van der Waals surface area contributed by atoms with E-state index in [1.807, 2.05) is 0 Å². The largest absolute Gasteiger partial charge is 1.00 e. The fourth-order valence-corrected chi connectivity index (χ4v) is 2.26. The van der Waals surface area contributed by atoms with Crippen molar-refractivity contribution in [2.24, 2.45) is 0 Å². The Balaban J connectivity index is -0.00000128. The van der Waals surface area contributed by atoms with Gasteiger partial charge in [-0.05, 0) is 6.42 Å². The van der Waals surface area contributed by atoms with Crippen LogP contribution in [-0.2, 0) is 4.79 Å². The van der Waals surface area contributed by atoms with E-state index in [1.54, 1.807) is 0 Å². The Labute approximate surface area is 144 Å². The second-order valence-electron chi connectivity index (χ2n) is 4.78. The third-order valence-electron chi connectivity index (χ3n) is 3.08. The molecule has 1 N–H and O–H groups in total. The minimum Gasteiger partial charge on any atom is -1.00 e. The molecule has 0 aliphatic carbocycles. The summed E-state index contributed by atoms with van der Waals surface area (Å²) in [4.78, 5) is 10.2. The Morgan fingerprint density at radius 2 is 1.39 bits per heavy atom. The van der Waals surface area contributed by atoms with Crippen LogP contribution in [0, 0.1) is 0 Å². The molecule has 0 rings (SSSR count). The van der Waals surface area contributed by atoms with Crippen molar-refractivity contribution in [2.75, 3.05) is 0 Å². The van der Waals surface area contributed by atoms with E-state index in [1.165, 1.54) is 57.8 Å². The molecule has 0 spiro atoms. The Kier molecular flexibility index (Phi) is 18.9. The van der Waals surface area contributed by atoms with E-state index in [9.17, 15) is 4.79 Å². The van der Waals surface area contributed by atoms with Crippen molar-refractivity contribution in [3.8, 4) is 0 Å². The molecular formula is C14H28BrNaO2. The molecule has 0 aromatic rings. The maximum atomic E-state index is 10.5. The van der Waals surface area contributed by atoms with E-state index >= 15 is 0 Å². The molecule has 0 fully saturated rings. The van der Waals surface area contributed by atoms with Gasteiger partial charge in [-0.25, -0.2) is 0 Å². The maximum Gasteiger partial charge on any atom is 1.00 e. The third kappa shape index (κ3) is 15.0. The number of unbranched alkanes of at least 4 members (excludes halogenated alkanes) is 9. The predicted octanol–water partition coefficient (Wildman–Crippen LogP) is 2.26. The first kappa shape index (κ1) is 21.3. The van der Waals surface area contributed by atoms with Gasteiger partial charge < -0.3 is 6.53 Å². The number of aliphatic carboxylic acids is 1. The molecule has 0 aromatic heterocycles. The molecule has 0 amide bonds. The van der Waals surface area contributed by atoms with E-state index in [4.69, 9.17) is 5.11 Å². The fraction of sp³-hybridized carbons (Fsp3) is 0.929. The number of alkyl halides is 1. The van der Waals surface area contributed by atoms with Crippen molar-refractivity contribution in [2.45, 2.75) is 82.4 Å². The number of carboxylic acid groups (broad SMARTS) is 1. The molecule has 0 saturated carbocycles. The van der Waals surface area contributed by atoms with Gasteiger partial charge in [0.15, 0.2) is 0 Å². The van der Waals surface area contributed by atoms with Gasteiger partial charge in [0, 0.05) is 0 Å². The van der Waals surface area contributed by atoms with Gasteiger partial charge in [0.2, 0.25) is 0 Å². The molecule has 1 atom stereocenters. The Bertz CT molecular complexity index is 194. The molecule has 104 valence electrons. The summed E-state index contributed by atoms with van der Waals surface area (Å²) in [5.74, 6) is -0.735. The molecule has 4 heteroatoms. The SMILES string of the molecule is CCCCCCCCCCCCC(Br)C(=O)O.[H-].[Na+]. The monoisotopic (exact) mass is 330 g/mol. The number of hydrogen-bond donors (Lipinski definition) is 1. The molecule has 0 aromatic carbocycles. The zero-order valence-electron chi connectivity index (χ0n) is 13.1. The molecule has 0 aliphatic heterocycles. The molecule has 18 heavy (non-hydrogen) atoms. The van der Waals surface area contributed by atoms with Crippen molar-refractivity contribution in [3.63, 3.8) is 0 Å². The average molecular weight is 331 g/mol. The first-order chi connectivity index (χ1) is 8.18. The summed E-state index contributed by atoms with van der Waals surface area (Å²) < 4.78 is 0. The van der Waals surface area contributed by atoms with Crippen LogP contribution in [-0.4, -0.2) is 15.9 Å². The Hall–Kier alpha value is 0.950. The molecule has 0 radical (unpaired) electrons. The van der Waals surface area contributed by atoms with Crippen LogP contribution in [0.3, 0.4) is 0 Å². The van der Waals surface area contributed by atoms with Crippen molar-refractivity contribution in [1.29, 1.82) is 0 Å². The summed E-state index contributed by atoms with van der Waals surface area (Å²) >= 11 is 3.16. The van der Waals surface area contributed by atoms with Gasteiger partial charge in [-0.1, -0.05) is 87.1 Å². The van der Waals surface area contributed by atoms with E-state index in [0.29, 0.717) is 0 Å². The van der Waals surface area contributed by atoms with Gasteiger partial charge in [-0.2, -0.15) is 0 Å². The van der Waals surface area contributed by atoms with E-state index in [0.717, 1.165) is 12.8 Å². The summed E-state index contributed by atoms with van der Waals surface area (Å²) in [6.07, 6.45) is 13.7. The number of carboxylic acids is 1. The van der Waals surface area contributed by atoms with E-state index in [-0.39, 0.29) is 35.8 Å². The Morgan fingerprint density at radius 1 is 1.00 bits per heavy atom. The van der Waals surface area contributed by atoms with Crippen molar-refractivity contribution >= 4 is 21.9 Å².